The fourth-order valence-electron chi connectivity index (χ4n) is 3.36. The molecular formula is C24H22N2O4S2. The second-order valence-electron chi connectivity index (χ2n) is 7.58. The Balaban J connectivity index is 1.74. The van der Waals surface area contributed by atoms with Gasteiger partial charge in [0.25, 0.3) is 10.0 Å². The van der Waals surface area contributed by atoms with Crippen LogP contribution >= 0.6 is 11.3 Å². The molecule has 6 nitrogen and oxygen atoms in total. The van der Waals surface area contributed by atoms with E-state index in [4.69, 9.17) is 4.52 Å². The van der Waals surface area contributed by atoms with Crippen molar-refractivity contribution in [2.24, 2.45) is 0 Å². The summed E-state index contributed by atoms with van der Waals surface area (Å²) in [5.41, 5.74) is 4.16. The number of hydrogen-bond donors (Lipinski definition) is 1. The summed E-state index contributed by atoms with van der Waals surface area (Å²) in [6.07, 6.45) is 0.236. The van der Waals surface area contributed by atoms with Crippen LogP contribution < -0.4 is 4.72 Å². The van der Waals surface area contributed by atoms with Crippen LogP contribution in [0.5, 0.6) is 0 Å². The summed E-state index contributed by atoms with van der Waals surface area (Å²) in [7, 11) is -3.95. The number of benzene rings is 2. The van der Waals surface area contributed by atoms with Crippen LogP contribution in [0, 0.1) is 20.8 Å². The number of carbonyl (C=O) groups is 1. The van der Waals surface area contributed by atoms with E-state index in [0.29, 0.717) is 27.3 Å². The van der Waals surface area contributed by atoms with Crippen molar-refractivity contribution in [3.63, 3.8) is 0 Å². The molecule has 0 fully saturated rings. The van der Waals surface area contributed by atoms with Crippen molar-refractivity contribution in [1.82, 2.24) is 5.16 Å². The smallest absolute Gasteiger partial charge is 0.265 e. The number of nitrogens with zero attached hydrogens (tertiary/aromatic N) is 1. The molecule has 4 aromatic rings. The Morgan fingerprint density at radius 1 is 1.06 bits per heavy atom. The average molecular weight is 467 g/mol. The van der Waals surface area contributed by atoms with Crippen LogP contribution in [0.25, 0.3) is 10.4 Å². The van der Waals surface area contributed by atoms with Crippen LogP contribution in [0.1, 0.15) is 32.7 Å². The van der Waals surface area contributed by atoms with Gasteiger partial charge >= 0.3 is 0 Å². The second-order valence-corrected chi connectivity index (χ2v) is 10.1. The predicted molar refractivity (Wildman–Crippen MR) is 126 cm³/mol. The molecule has 0 bridgehead atoms. The Morgan fingerprint density at radius 3 is 2.50 bits per heavy atom. The number of hydrogen-bond acceptors (Lipinski definition) is 6. The van der Waals surface area contributed by atoms with Gasteiger partial charge in [0.1, 0.15) is 4.90 Å². The number of sulfonamides is 1. The topological polar surface area (TPSA) is 89.3 Å². The monoisotopic (exact) mass is 466 g/mol. The molecule has 2 aromatic carbocycles. The fraction of sp³-hybridized carbons (Fsp3) is 0.167. The van der Waals surface area contributed by atoms with E-state index in [9.17, 15) is 13.2 Å². The van der Waals surface area contributed by atoms with E-state index in [1.165, 1.54) is 17.4 Å². The lowest BCUT2D eigenvalue weighted by Crippen LogP contribution is -2.14. The molecular weight excluding hydrogens is 444 g/mol. The Labute approximate surface area is 191 Å². The summed E-state index contributed by atoms with van der Waals surface area (Å²) < 4.78 is 34.0. The van der Waals surface area contributed by atoms with Gasteiger partial charge in [-0.15, -0.1) is 11.3 Å². The lowest BCUT2D eigenvalue weighted by atomic mass is 9.96. The minimum atomic E-state index is -3.95. The molecule has 0 unspecified atom stereocenters. The van der Waals surface area contributed by atoms with Gasteiger partial charge in [-0.05, 0) is 43.8 Å². The van der Waals surface area contributed by atoms with Crippen molar-refractivity contribution in [3.8, 4) is 10.4 Å². The van der Waals surface area contributed by atoms with Crippen LogP contribution in [0.2, 0.25) is 0 Å². The van der Waals surface area contributed by atoms with E-state index in [0.717, 1.165) is 11.1 Å². The van der Waals surface area contributed by atoms with Gasteiger partial charge in [-0.1, -0.05) is 53.2 Å². The largest absolute Gasteiger partial charge is 0.337 e. The molecule has 0 spiro atoms. The third kappa shape index (κ3) is 4.37. The maximum atomic E-state index is 13.2. The molecule has 8 heteroatoms. The van der Waals surface area contributed by atoms with Gasteiger partial charge in [0, 0.05) is 23.1 Å². The van der Waals surface area contributed by atoms with Crippen LogP contribution in [0.4, 0.5) is 5.88 Å². The van der Waals surface area contributed by atoms with Gasteiger partial charge in [-0.3, -0.25) is 4.79 Å². The number of thiophene rings is 1. The van der Waals surface area contributed by atoms with Crippen molar-refractivity contribution in [1.29, 1.82) is 0 Å². The van der Waals surface area contributed by atoms with Gasteiger partial charge in [0.05, 0.1) is 10.6 Å². The van der Waals surface area contributed by atoms with Crippen LogP contribution in [0.3, 0.4) is 0 Å². The van der Waals surface area contributed by atoms with E-state index < -0.39 is 10.0 Å². The van der Waals surface area contributed by atoms with E-state index in [-0.39, 0.29) is 23.0 Å². The number of anilines is 1. The first kappa shape index (κ1) is 22.0. The van der Waals surface area contributed by atoms with Crippen molar-refractivity contribution < 1.29 is 17.7 Å². The van der Waals surface area contributed by atoms with Crippen molar-refractivity contribution >= 4 is 33.0 Å². The SMILES string of the molecule is Cc1ccc(-c2sccc2S(=O)(=O)Nc2onc(C)c2C)c(C(=O)Cc2ccccc2)c1. The van der Waals surface area contributed by atoms with Gasteiger partial charge in [0.2, 0.25) is 5.88 Å². The maximum Gasteiger partial charge on any atom is 0.265 e. The molecule has 0 amide bonds. The van der Waals surface area contributed by atoms with E-state index in [2.05, 4.69) is 9.88 Å². The van der Waals surface area contributed by atoms with E-state index >= 15 is 0 Å². The fourth-order valence-corrected chi connectivity index (χ4v) is 5.89. The highest BCUT2D eigenvalue weighted by Gasteiger charge is 2.26. The van der Waals surface area contributed by atoms with Crippen molar-refractivity contribution in [2.45, 2.75) is 32.1 Å². The van der Waals surface area contributed by atoms with Gasteiger partial charge in [-0.25, -0.2) is 13.1 Å². The van der Waals surface area contributed by atoms with Gasteiger partial charge in [0.15, 0.2) is 5.78 Å². The quantitative estimate of drug-likeness (QED) is 0.361. The summed E-state index contributed by atoms with van der Waals surface area (Å²) >= 11 is 1.28. The van der Waals surface area contributed by atoms with Gasteiger partial charge < -0.3 is 4.52 Å². The summed E-state index contributed by atoms with van der Waals surface area (Å²) in [5, 5.41) is 5.51. The molecule has 0 saturated heterocycles. The third-order valence-corrected chi connectivity index (χ3v) is 7.68. The zero-order valence-electron chi connectivity index (χ0n) is 17.9. The molecule has 0 atom stereocenters. The summed E-state index contributed by atoms with van der Waals surface area (Å²) in [6, 6.07) is 16.5. The predicted octanol–water partition coefficient (Wildman–Crippen LogP) is 5.55. The lowest BCUT2D eigenvalue weighted by Gasteiger charge is -2.12. The molecule has 0 aliphatic carbocycles. The number of aromatic nitrogens is 1. The highest BCUT2D eigenvalue weighted by atomic mass is 32.2. The average Bonchev–Trinajstić information content (AvgIpc) is 3.38. The lowest BCUT2D eigenvalue weighted by molar-refractivity contribution is 0.0993. The summed E-state index contributed by atoms with van der Waals surface area (Å²) in [4.78, 5) is 13.8. The molecule has 2 heterocycles. The Bertz CT molecular complexity index is 1390. The van der Waals surface area contributed by atoms with Gasteiger partial charge in [-0.2, -0.15) is 0 Å². The summed E-state index contributed by atoms with van der Waals surface area (Å²) in [6.45, 7) is 5.38. The molecule has 0 aliphatic rings. The number of ketones is 1. The second kappa shape index (κ2) is 8.72. The zero-order chi connectivity index (χ0) is 22.9. The Morgan fingerprint density at radius 2 is 1.81 bits per heavy atom. The number of Topliss-reactive ketones (excluding diaryl/α,β-unsaturated/α-hetero) is 1. The number of nitrogens with one attached hydrogen (secondary N) is 1. The van der Waals surface area contributed by atoms with Crippen LogP contribution in [0.15, 0.2) is 69.4 Å². The van der Waals surface area contributed by atoms with Crippen LogP contribution in [-0.2, 0) is 16.4 Å². The highest BCUT2D eigenvalue weighted by molar-refractivity contribution is 7.93. The first-order valence-corrected chi connectivity index (χ1v) is 12.3. The number of aryl methyl sites for hydroxylation is 2. The van der Waals surface area contributed by atoms with Crippen molar-refractivity contribution in [3.05, 3.63) is 87.9 Å². The summed E-state index contributed by atoms with van der Waals surface area (Å²) in [5.74, 6) is 0.0187. The molecule has 4 rings (SSSR count). The first-order valence-electron chi connectivity index (χ1n) is 9.97. The molecule has 164 valence electrons. The Kier molecular flexibility index (Phi) is 5.99. The molecule has 2 aromatic heterocycles. The Hall–Kier alpha value is -3.23. The number of carbonyl (C=O) groups excluding carboxylic acids is 1. The molecule has 0 radical (unpaired) electrons. The third-order valence-electron chi connectivity index (χ3n) is 5.23. The molecule has 0 saturated carbocycles. The highest BCUT2D eigenvalue weighted by Crippen LogP contribution is 2.37. The minimum absolute atomic E-state index is 0.0682. The maximum absolute atomic E-state index is 13.2. The molecule has 1 N–H and O–H groups in total. The van der Waals surface area contributed by atoms with E-state index in [1.807, 2.05) is 55.5 Å². The van der Waals surface area contributed by atoms with Crippen LogP contribution in [-0.4, -0.2) is 19.4 Å². The first-order chi connectivity index (χ1) is 15.3. The zero-order valence-corrected chi connectivity index (χ0v) is 19.5. The standard InChI is InChI=1S/C24H22N2O4S2/c1-15-9-10-19(20(13-15)21(27)14-18-7-5-4-6-8-18)23-22(11-12-31-23)32(28,29)26-24-16(2)17(3)25-30-24/h4-13,26H,14H2,1-3H3. The minimum Gasteiger partial charge on any atom is -0.337 e. The van der Waals surface area contributed by atoms with Crippen molar-refractivity contribution in [2.75, 3.05) is 4.72 Å². The van der Waals surface area contributed by atoms with E-state index in [1.54, 1.807) is 19.2 Å². The number of rotatable bonds is 7. The molecule has 32 heavy (non-hydrogen) atoms. The molecule has 0 aliphatic heterocycles. The normalized spacial score (nSPS) is 11.5.